The summed E-state index contributed by atoms with van der Waals surface area (Å²) < 4.78 is 18.9. The van der Waals surface area contributed by atoms with Crippen LogP contribution in [0.3, 0.4) is 0 Å². The highest BCUT2D eigenvalue weighted by atomic mass is 19.1. The number of imidazole rings is 1. The van der Waals surface area contributed by atoms with Crippen molar-refractivity contribution in [2.75, 3.05) is 7.11 Å². The number of hydrogen-bond donors (Lipinski definition) is 2. The van der Waals surface area contributed by atoms with Crippen molar-refractivity contribution >= 4 is 28.6 Å². The molecule has 0 radical (unpaired) electrons. The molecule has 1 aromatic heterocycles. The molecule has 0 fully saturated rings. The topological polar surface area (TPSA) is 110 Å². The fraction of sp³-hybridized carbons (Fsp3) is 0.111. The number of carbonyl (C=O) groups excluding carboxylic acids is 2. The fourth-order valence-electron chi connectivity index (χ4n) is 3.03. The standard InChI is InChI=1S/C18H13FN4O3/c1-26-18(25)8-5-6-10-12(7-8)22-16(21-10)14-15(20)13-9(19)3-2-4-11(13)23-17(14)24/h2-7,14H,20H2,1H3,(H,21,22). The van der Waals surface area contributed by atoms with E-state index >= 15 is 0 Å². The molecule has 1 amide bonds. The highest BCUT2D eigenvalue weighted by Gasteiger charge is 2.30. The van der Waals surface area contributed by atoms with E-state index in [0.717, 1.165) is 0 Å². The summed E-state index contributed by atoms with van der Waals surface area (Å²) in [6.45, 7) is 0. The van der Waals surface area contributed by atoms with E-state index in [9.17, 15) is 14.0 Å². The second-order valence-corrected chi connectivity index (χ2v) is 5.82. The zero-order valence-electron chi connectivity index (χ0n) is 13.6. The summed E-state index contributed by atoms with van der Waals surface area (Å²) in [6, 6.07) is 9.00. The van der Waals surface area contributed by atoms with Gasteiger partial charge in [-0.15, -0.1) is 0 Å². The molecule has 3 N–H and O–H groups in total. The Morgan fingerprint density at radius 3 is 2.88 bits per heavy atom. The van der Waals surface area contributed by atoms with Crippen molar-refractivity contribution in [3.63, 3.8) is 0 Å². The number of methoxy groups -OCH3 is 1. The number of benzene rings is 2. The van der Waals surface area contributed by atoms with Gasteiger partial charge < -0.3 is 15.5 Å². The van der Waals surface area contributed by atoms with Gasteiger partial charge in [0.1, 0.15) is 17.6 Å². The van der Waals surface area contributed by atoms with Crippen molar-refractivity contribution in [1.82, 2.24) is 9.97 Å². The Bertz CT molecular complexity index is 1200. The van der Waals surface area contributed by atoms with Crippen LogP contribution in [0, 0.1) is 5.82 Å². The number of nitrogens with one attached hydrogen (secondary N) is 1. The summed E-state index contributed by atoms with van der Waals surface area (Å²) in [5, 5.41) is 0.306. The molecule has 3 aromatic rings. The highest BCUT2D eigenvalue weighted by Crippen LogP contribution is 2.25. The molecule has 130 valence electrons. The van der Waals surface area contributed by atoms with E-state index in [0.29, 0.717) is 16.6 Å². The monoisotopic (exact) mass is 352 g/mol. The average Bonchev–Trinajstić information content (AvgIpc) is 3.03. The van der Waals surface area contributed by atoms with Crippen LogP contribution in [0.5, 0.6) is 0 Å². The zero-order valence-corrected chi connectivity index (χ0v) is 13.6. The lowest BCUT2D eigenvalue weighted by atomic mass is 9.99. The van der Waals surface area contributed by atoms with E-state index in [1.807, 2.05) is 0 Å². The smallest absolute Gasteiger partial charge is 0.337 e. The predicted octanol–water partition coefficient (Wildman–Crippen LogP) is 0.499. The Hall–Kier alpha value is -3.55. The number of nitrogens with zero attached hydrogens (tertiary/aromatic N) is 2. The van der Waals surface area contributed by atoms with E-state index in [1.165, 1.54) is 25.3 Å². The van der Waals surface area contributed by atoms with E-state index in [2.05, 4.69) is 19.7 Å². The largest absolute Gasteiger partial charge is 0.465 e. The Morgan fingerprint density at radius 1 is 1.31 bits per heavy atom. The van der Waals surface area contributed by atoms with Crippen LogP contribution in [0.1, 0.15) is 22.1 Å². The molecular formula is C18H13FN4O3. The van der Waals surface area contributed by atoms with Gasteiger partial charge in [0.25, 0.3) is 5.91 Å². The van der Waals surface area contributed by atoms with Gasteiger partial charge in [0.05, 0.1) is 34.3 Å². The first kappa shape index (κ1) is 15.9. The van der Waals surface area contributed by atoms with Gasteiger partial charge in [-0.05, 0) is 30.3 Å². The molecule has 1 atom stereocenters. The molecule has 0 aliphatic carbocycles. The molecule has 1 aliphatic rings. The maximum Gasteiger partial charge on any atom is 0.337 e. The maximum atomic E-state index is 14.2. The van der Waals surface area contributed by atoms with Crippen molar-refractivity contribution in [2.24, 2.45) is 10.7 Å². The number of aromatic nitrogens is 2. The Labute approximate surface area is 146 Å². The van der Waals surface area contributed by atoms with Gasteiger partial charge in [0.15, 0.2) is 0 Å². The first-order chi connectivity index (χ1) is 12.5. The van der Waals surface area contributed by atoms with E-state index < -0.39 is 23.6 Å². The van der Waals surface area contributed by atoms with E-state index in [4.69, 9.17) is 5.73 Å². The lowest BCUT2D eigenvalue weighted by Crippen LogP contribution is -2.41. The number of nitrogens with two attached hydrogens (primary N) is 1. The molecule has 0 saturated carbocycles. The van der Waals surface area contributed by atoms with Crippen molar-refractivity contribution in [1.29, 1.82) is 0 Å². The van der Waals surface area contributed by atoms with Crippen LogP contribution in [-0.4, -0.2) is 29.0 Å². The number of halogens is 1. The van der Waals surface area contributed by atoms with Gasteiger partial charge in [-0.2, -0.15) is 0 Å². The van der Waals surface area contributed by atoms with Crippen LogP contribution in [0.2, 0.25) is 0 Å². The molecule has 2 heterocycles. The molecule has 1 unspecified atom stereocenters. The van der Waals surface area contributed by atoms with Crippen LogP contribution in [-0.2, 0) is 9.53 Å². The Morgan fingerprint density at radius 2 is 2.12 bits per heavy atom. The minimum atomic E-state index is -1.02. The molecule has 1 aliphatic heterocycles. The van der Waals surface area contributed by atoms with Crippen LogP contribution >= 0.6 is 0 Å². The van der Waals surface area contributed by atoms with Gasteiger partial charge >= 0.3 is 5.97 Å². The summed E-state index contributed by atoms with van der Waals surface area (Å²) in [6.07, 6.45) is 0. The summed E-state index contributed by atoms with van der Waals surface area (Å²) in [5.41, 5.74) is 7.55. The number of rotatable bonds is 2. The van der Waals surface area contributed by atoms with Crippen LogP contribution in [0.15, 0.2) is 41.4 Å². The van der Waals surface area contributed by atoms with Crippen molar-refractivity contribution in [2.45, 2.75) is 5.92 Å². The third-order valence-corrected chi connectivity index (χ3v) is 4.26. The third kappa shape index (κ3) is 2.34. The number of carbonyl (C=O) groups is 2. The average molecular weight is 352 g/mol. The molecule has 26 heavy (non-hydrogen) atoms. The number of hydrogen-bond acceptors (Lipinski definition) is 5. The van der Waals surface area contributed by atoms with Gasteiger partial charge in [-0.1, -0.05) is 6.07 Å². The van der Waals surface area contributed by atoms with E-state index in [1.54, 1.807) is 18.2 Å². The quantitative estimate of drug-likeness (QED) is 0.653. The van der Waals surface area contributed by atoms with E-state index in [-0.39, 0.29) is 22.1 Å². The number of aromatic amines is 1. The lowest BCUT2D eigenvalue weighted by Gasteiger charge is -2.15. The minimum absolute atomic E-state index is 0.0466. The highest BCUT2D eigenvalue weighted by molar-refractivity contribution is 5.96. The normalized spacial score (nSPS) is 16.3. The molecular weight excluding hydrogens is 339 g/mol. The summed E-state index contributed by atoms with van der Waals surface area (Å²) >= 11 is 0. The van der Waals surface area contributed by atoms with Crippen molar-refractivity contribution in [3.8, 4) is 0 Å². The summed E-state index contributed by atoms with van der Waals surface area (Å²) in [7, 11) is 1.29. The Kier molecular flexibility index (Phi) is 3.54. The molecule has 0 spiro atoms. The van der Waals surface area contributed by atoms with Crippen LogP contribution in [0.25, 0.3) is 16.7 Å². The van der Waals surface area contributed by atoms with Crippen molar-refractivity contribution < 1.29 is 18.7 Å². The lowest BCUT2D eigenvalue weighted by molar-refractivity contribution is -0.118. The van der Waals surface area contributed by atoms with Crippen LogP contribution in [0.4, 0.5) is 4.39 Å². The number of amides is 1. The van der Waals surface area contributed by atoms with Gasteiger partial charge in [0, 0.05) is 5.70 Å². The fourth-order valence-corrected chi connectivity index (χ4v) is 3.03. The van der Waals surface area contributed by atoms with Gasteiger partial charge in [-0.3, -0.25) is 4.79 Å². The molecule has 2 aromatic carbocycles. The number of H-pyrrole nitrogens is 1. The maximum absolute atomic E-state index is 14.2. The number of esters is 1. The number of fused-ring (bicyclic) bond motifs is 2. The first-order valence-corrected chi connectivity index (χ1v) is 7.74. The molecule has 8 heteroatoms. The molecule has 0 bridgehead atoms. The second kappa shape index (κ2) is 5.76. The Balaban J connectivity index is 1.88. The predicted molar refractivity (Wildman–Crippen MR) is 90.0 cm³/mol. The third-order valence-electron chi connectivity index (χ3n) is 4.26. The zero-order chi connectivity index (χ0) is 18.4. The summed E-state index contributed by atoms with van der Waals surface area (Å²) in [4.78, 5) is 35.4. The minimum Gasteiger partial charge on any atom is -0.465 e. The second-order valence-electron chi connectivity index (χ2n) is 5.82. The van der Waals surface area contributed by atoms with Crippen molar-refractivity contribution in [3.05, 3.63) is 64.2 Å². The first-order valence-electron chi connectivity index (χ1n) is 7.74. The summed E-state index contributed by atoms with van der Waals surface area (Å²) in [5.74, 6) is -2.36. The number of ether oxygens (including phenoxy) is 1. The molecule has 0 saturated heterocycles. The van der Waals surface area contributed by atoms with Gasteiger partial charge in [-0.25, -0.2) is 19.2 Å². The van der Waals surface area contributed by atoms with Crippen LogP contribution < -0.4 is 16.3 Å². The van der Waals surface area contributed by atoms with Gasteiger partial charge in [0.2, 0.25) is 0 Å². The molecule has 7 nitrogen and oxygen atoms in total. The molecule has 4 rings (SSSR count). The SMILES string of the molecule is COC(=O)c1ccc2nc(C3C(=O)N=c4cccc(F)c4=C3N)[nH]c2c1.